The largest absolute Gasteiger partial charge is 1.00 e. The molecule has 0 aromatic carbocycles. The van der Waals surface area contributed by atoms with Gasteiger partial charge in [-0.05, 0) is 13.3 Å². The summed E-state index contributed by atoms with van der Waals surface area (Å²) in [4.78, 5) is 0. The van der Waals surface area contributed by atoms with Gasteiger partial charge < -0.3 is 17.5 Å². The predicted octanol–water partition coefficient (Wildman–Crippen LogP) is 3.46. The molecule has 0 fully saturated rings. The SMILES string of the molecule is CCCCCCCCCCCCCCCC[n+]1ccccc1.CCO.[Cl-]. The summed E-state index contributed by atoms with van der Waals surface area (Å²) in [5.41, 5.74) is 0. The van der Waals surface area contributed by atoms with Crippen LogP contribution in [0.5, 0.6) is 0 Å². The molecule has 0 aliphatic rings. The van der Waals surface area contributed by atoms with Crippen molar-refractivity contribution in [3.8, 4) is 0 Å². The van der Waals surface area contributed by atoms with Gasteiger partial charge in [0, 0.05) is 25.2 Å². The first-order valence-electron chi connectivity index (χ1n) is 10.9. The van der Waals surface area contributed by atoms with E-state index in [1.165, 1.54) is 96.4 Å². The number of halogens is 1. The van der Waals surface area contributed by atoms with Crippen LogP contribution in [0.15, 0.2) is 30.6 Å². The van der Waals surface area contributed by atoms with E-state index in [4.69, 9.17) is 5.11 Å². The normalized spacial score (nSPS) is 9.96. The molecule has 0 saturated heterocycles. The van der Waals surface area contributed by atoms with E-state index in [1.54, 1.807) is 6.92 Å². The van der Waals surface area contributed by atoms with Crippen LogP contribution >= 0.6 is 0 Å². The molecular weight excluding hydrogens is 342 g/mol. The van der Waals surface area contributed by atoms with E-state index in [0.29, 0.717) is 0 Å². The highest BCUT2D eigenvalue weighted by molar-refractivity contribution is 4.83. The molecule has 0 aliphatic heterocycles. The second-order valence-electron chi connectivity index (χ2n) is 7.03. The van der Waals surface area contributed by atoms with Crippen molar-refractivity contribution in [2.24, 2.45) is 0 Å². The van der Waals surface area contributed by atoms with Gasteiger partial charge in [0.25, 0.3) is 0 Å². The fourth-order valence-electron chi connectivity index (χ4n) is 3.07. The van der Waals surface area contributed by atoms with Crippen molar-refractivity contribution >= 4 is 0 Å². The molecule has 0 saturated carbocycles. The Morgan fingerprint density at radius 1 is 0.577 bits per heavy atom. The third-order valence-electron chi connectivity index (χ3n) is 4.55. The molecule has 3 heteroatoms. The van der Waals surface area contributed by atoms with Crippen LogP contribution in [0, 0.1) is 0 Å². The van der Waals surface area contributed by atoms with Crippen LogP contribution in [0.2, 0.25) is 0 Å². The third-order valence-corrected chi connectivity index (χ3v) is 4.55. The standard InChI is InChI=1S/C21H38N.C2H6O.ClH/c1-2-3-4-5-6-7-8-9-10-11-12-13-14-16-19-22-20-17-15-18-21-22;1-2-3;/h15,17-18,20-21H,2-14,16,19H2,1H3;3H,2H2,1H3;1H/q+1;;/p-1. The molecule has 26 heavy (non-hydrogen) atoms. The molecule has 2 nitrogen and oxygen atoms in total. The van der Waals surface area contributed by atoms with Crippen molar-refractivity contribution in [3.05, 3.63) is 30.6 Å². The molecule has 1 rings (SSSR count). The zero-order valence-corrected chi connectivity index (χ0v) is 18.2. The minimum absolute atomic E-state index is 0. The fourth-order valence-corrected chi connectivity index (χ4v) is 3.07. The van der Waals surface area contributed by atoms with E-state index >= 15 is 0 Å². The number of hydrogen-bond acceptors (Lipinski definition) is 1. The lowest BCUT2D eigenvalue weighted by atomic mass is 10.0. The van der Waals surface area contributed by atoms with Crippen LogP contribution in [-0.4, -0.2) is 11.7 Å². The summed E-state index contributed by atoms with van der Waals surface area (Å²) in [5.74, 6) is 0. The van der Waals surface area contributed by atoms with Crippen LogP contribution < -0.4 is 17.0 Å². The molecule has 0 radical (unpaired) electrons. The van der Waals surface area contributed by atoms with Gasteiger partial charge in [0.2, 0.25) is 0 Å². The van der Waals surface area contributed by atoms with E-state index in [1.807, 2.05) is 0 Å². The lowest BCUT2D eigenvalue weighted by molar-refractivity contribution is -0.697. The Hall–Kier alpha value is -0.600. The monoisotopic (exact) mass is 385 g/mol. The molecule has 0 amide bonds. The molecule has 1 heterocycles. The summed E-state index contributed by atoms with van der Waals surface area (Å²) in [6.07, 6.45) is 24.4. The number of aliphatic hydroxyl groups is 1. The Kier molecular flexibility index (Phi) is 25.9. The summed E-state index contributed by atoms with van der Waals surface area (Å²) in [7, 11) is 0. The highest BCUT2D eigenvalue weighted by Crippen LogP contribution is 2.12. The second-order valence-corrected chi connectivity index (χ2v) is 7.03. The van der Waals surface area contributed by atoms with Crippen LogP contribution in [0.3, 0.4) is 0 Å². The van der Waals surface area contributed by atoms with Crippen molar-refractivity contribution in [1.29, 1.82) is 0 Å². The number of aryl methyl sites for hydroxylation is 1. The van der Waals surface area contributed by atoms with Crippen molar-refractivity contribution in [2.75, 3.05) is 6.61 Å². The van der Waals surface area contributed by atoms with Crippen LogP contribution in [-0.2, 0) is 6.54 Å². The number of aliphatic hydroxyl groups excluding tert-OH is 1. The van der Waals surface area contributed by atoms with E-state index in [9.17, 15) is 0 Å². The summed E-state index contributed by atoms with van der Waals surface area (Å²) in [6.45, 7) is 5.40. The molecule has 0 atom stereocenters. The minimum atomic E-state index is 0. The van der Waals surface area contributed by atoms with Crippen LogP contribution in [0.25, 0.3) is 0 Å². The van der Waals surface area contributed by atoms with Crippen LogP contribution in [0.1, 0.15) is 104 Å². The molecule has 154 valence electrons. The predicted molar refractivity (Wildman–Crippen MR) is 110 cm³/mol. The Labute approximate surface area is 169 Å². The summed E-state index contributed by atoms with van der Waals surface area (Å²) >= 11 is 0. The maximum absolute atomic E-state index is 7.57. The zero-order chi connectivity index (χ0) is 18.4. The average molecular weight is 386 g/mol. The van der Waals surface area contributed by atoms with Gasteiger partial charge in [-0.15, -0.1) is 0 Å². The highest BCUT2D eigenvalue weighted by Gasteiger charge is 1.98. The van der Waals surface area contributed by atoms with Crippen molar-refractivity contribution in [1.82, 2.24) is 0 Å². The van der Waals surface area contributed by atoms with Gasteiger partial charge in [-0.25, -0.2) is 4.57 Å². The van der Waals surface area contributed by atoms with E-state index in [0.717, 1.165) is 0 Å². The maximum atomic E-state index is 7.57. The molecule has 1 N–H and O–H groups in total. The van der Waals surface area contributed by atoms with Gasteiger partial charge in [0.1, 0.15) is 6.54 Å². The van der Waals surface area contributed by atoms with Gasteiger partial charge in [-0.2, -0.15) is 0 Å². The fraction of sp³-hybridized carbons (Fsp3) is 0.783. The smallest absolute Gasteiger partial charge is 0.168 e. The topological polar surface area (TPSA) is 24.1 Å². The number of rotatable bonds is 15. The number of aromatic nitrogens is 1. The average Bonchev–Trinajstić information content (AvgIpc) is 2.63. The Bertz CT molecular complexity index is 345. The molecular formula is C23H44ClNO. The van der Waals surface area contributed by atoms with Crippen molar-refractivity contribution in [2.45, 2.75) is 110 Å². The number of unbranched alkanes of at least 4 members (excludes halogenated alkanes) is 13. The molecule has 0 aliphatic carbocycles. The van der Waals surface area contributed by atoms with Gasteiger partial charge in [0.05, 0.1) is 0 Å². The Morgan fingerprint density at radius 3 is 1.31 bits per heavy atom. The van der Waals surface area contributed by atoms with E-state index < -0.39 is 0 Å². The first-order chi connectivity index (χ1) is 12.3. The van der Waals surface area contributed by atoms with Crippen molar-refractivity contribution in [3.63, 3.8) is 0 Å². The first-order valence-corrected chi connectivity index (χ1v) is 10.9. The first kappa shape index (κ1) is 27.6. The van der Waals surface area contributed by atoms with Gasteiger partial charge in [-0.3, -0.25) is 0 Å². The van der Waals surface area contributed by atoms with Gasteiger partial charge in [-0.1, -0.05) is 90.0 Å². The number of pyridine rings is 1. The lowest BCUT2D eigenvalue weighted by Gasteiger charge is -2.02. The summed E-state index contributed by atoms with van der Waals surface area (Å²) in [5, 5.41) is 7.57. The minimum Gasteiger partial charge on any atom is -1.00 e. The molecule has 0 spiro atoms. The second kappa shape index (κ2) is 24.4. The third kappa shape index (κ3) is 21.4. The summed E-state index contributed by atoms with van der Waals surface area (Å²) < 4.78 is 2.29. The van der Waals surface area contributed by atoms with Gasteiger partial charge in [0.15, 0.2) is 12.4 Å². The van der Waals surface area contributed by atoms with E-state index in [2.05, 4.69) is 42.1 Å². The zero-order valence-electron chi connectivity index (χ0n) is 17.5. The van der Waals surface area contributed by atoms with Gasteiger partial charge >= 0.3 is 0 Å². The number of hydrogen-bond donors (Lipinski definition) is 1. The molecule has 1 aromatic heterocycles. The maximum Gasteiger partial charge on any atom is 0.168 e. The van der Waals surface area contributed by atoms with Crippen LogP contribution in [0.4, 0.5) is 0 Å². The molecule has 0 bridgehead atoms. The number of nitrogens with zero attached hydrogens (tertiary/aromatic N) is 1. The highest BCUT2D eigenvalue weighted by atomic mass is 35.5. The van der Waals surface area contributed by atoms with Crippen molar-refractivity contribution < 1.29 is 22.1 Å². The Morgan fingerprint density at radius 2 is 0.923 bits per heavy atom. The molecule has 1 aromatic rings. The quantitative estimate of drug-likeness (QED) is 0.363. The van der Waals surface area contributed by atoms with E-state index in [-0.39, 0.29) is 19.0 Å². The summed E-state index contributed by atoms with van der Waals surface area (Å²) in [6, 6.07) is 6.31. The molecule has 0 unspecified atom stereocenters. The Balaban J connectivity index is 0. The lowest BCUT2D eigenvalue weighted by Crippen LogP contribution is -3.00.